The lowest BCUT2D eigenvalue weighted by atomic mass is 10.1. The van der Waals surface area contributed by atoms with Gasteiger partial charge in [0, 0.05) is 26.1 Å². The minimum absolute atomic E-state index is 0.0484. The van der Waals surface area contributed by atoms with Gasteiger partial charge in [-0.05, 0) is 0 Å². The predicted octanol–water partition coefficient (Wildman–Crippen LogP) is -0.0737. The summed E-state index contributed by atoms with van der Waals surface area (Å²) in [4.78, 5) is 37.0. The van der Waals surface area contributed by atoms with Crippen molar-refractivity contribution in [2.75, 3.05) is 26.2 Å². The summed E-state index contributed by atoms with van der Waals surface area (Å²) < 4.78 is 4.86. The minimum atomic E-state index is -0.947. The number of nitrogens with zero attached hydrogens (tertiary/aromatic N) is 2. The first kappa shape index (κ1) is 13.4. The second-order valence-corrected chi connectivity index (χ2v) is 4.71. The van der Waals surface area contributed by atoms with Gasteiger partial charge in [-0.3, -0.25) is 9.59 Å². The van der Waals surface area contributed by atoms with Crippen molar-refractivity contribution >= 4 is 18.0 Å². The molecule has 2 aliphatic rings. The molecule has 19 heavy (non-hydrogen) atoms. The van der Waals surface area contributed by atoms with Gasteiger partial charge in [-0.1, -0.05) is 12.7 Å². The topological polar surface area (TPSA) is 87.2 Å². The number of carbonyl (C=O) groups excluding carboxylic acids is 2. The molecule has 1 atom stereocenters. The lowest BCUT2D eigenvalue weighted by Crippen LogP contribution is -2.61. The number of carboxylic acids is 1. The Labute approximate surface area is 110 Å². The number of amides is 2. The first-order valence-electron chi connectivity index (χ1n) is 6.07. The Morgan fingerprint density at radius 2 is 2.11 bits per heavy atom. The van der Waals surface area contributed by atoms with Crippen molar-refractivity contribution in [1.29, 1.82) is 0 Å². The first-order valence-corrected chi connectivity index (χ1v) is 6.07. The third-order valence-electron chi connectivity index (χ3n) is 3.39. The zero-order valence-electron chi connectivity index (χ0n) is 10.4. The maximum Gasteiger partial charge on any atom is 0.410 e. The van der Waals surface area contributed by atoms with E-state index in [1.54, 1.807) is 4.90 Å². The second-order valence-electron chi connectivity index (χ2n) is 4.71. The number of hydrogen-bond donors (Lipinski definition) is 1. The number of rotatable bonds is 4. The Kier molecular flexibility index (Phi) is 3.73. The van der Waals surface area contributed by atoms with Gasteiger partial charge in [-0.2, -0.15) is 0 Å². The van der Waals surface area contributed by atoms with Crippen LogP contribution in [0.1, 0.15) is 6.42 Å². The van der Waals surface area contributed by atoms with Crippen LogP contribution in [0.4, 0.5) is 4.79 Å². The number of likely N-dealkylation sites (tertiary alicyclic amines) is 2. The molecule has 2 heterocycles. The van der Waals surface area contributed by atoms with Gasteiger partial charge in [0.15, 0.2) is 0 Å². The molecule has 2 fully saturated rings. The Bertz CT molecular complexity index is 416. The lowest BCUT2D eigenvalue weighted by Gasteiger charge is -2.43. The molecule has 104 valence electrons. The molecule has 2 amide bonds. The van der Waals surface area contributed by atoms with E-state index in [1.807, 2.05) is 0 Å². The molecule has 0 spiro atoms. The largest absolute Gasteiger partial charge is 0.481 e. The van der Waals surface area contributed by atoms with Gasteiger partial charge in [-0.25, -0.2) is 4.79 Å². The van der Waals surface area contributed by atoms with Crippen molar-refractivity contribution in [1.82, 2.24) is 9.80 Å². The van der Waals surface area contributed by atoms with Gasteiger partial charge in [-0.15, -0.1) is 0 Å². The minimum Gasteiger partial charge on any atom is -0.481 e. The Balaban J connectivity index is 1.81. The zero-order chi connectivity index (χ0) is 14.0. The van der Waals surface area contributed by atoms with Crippen molar-refractivity contribution in [2.45, 2.75) is 12.5 Å². The Morgan fingerprint density at radius 1 is 1.42 bits per heavy atom. The molecule has 0 aromatic carbocycles. The molecule has 0 saturated carbocycles. The van der Waals surface area contributed by atoms with E-state index in [-0.39, 0.29) is 31.5 Å². The highest BCUT2D eigenvalue weighted by Gasteiger charge is 2.43. The van der Waals surface area contributed by atoms with Gasteiger partial charge < -0.3 is 19.6 Å². The smallest absolute Gasteiger partial charge is 0.410 e. The molecule has 7 nitrogen and oxygen atoms in total. The molecular weight excluding hydrogens is 252 g/mol. The van der Waals surface area contributed by atoms with Crippen molar-refractivity contribution < 1.29 is 24.2 Å². The van der Waals surface area contributed by atoms with Crippen molar-refractivity contribution in [2.24, 2.45) is 5.92 Å². The molecule has 0 aromatic heterocycles. The summed E-state index contributed by atoms with van der Waals surface area (Å²) in [6.45, 7) is 4.63. The quantitative estimate of drug-likeness (QED) is 0.721. The van der Waals surface area contributed by atoms with Crippen LogP contribution in [0.25, 0.3) is 0 Å². The van der Waals surface area contributed by atoms with Crippen LogP contribution in [0, 0.1) is 5.92 Å². The van der Waals surface area contributed by atoms with Gasteiger partial charge in [0.25, 0.3) is 0 Å². The van der Waals surface area contributed by atoms with E-state index in [4.69, 9.17) is 9.84 Å². The van der Waals surface area contributed by atoms with E-state index in [1.165, 1.54) is 11.0 Å². The number of carbonyl (C=O) groups is 3. The van der Waals surface area contributed by atoms with Crippen molar-refractivity contribution in [3.8, 4) is 0 Å². The highest BCUT2D eigenvalue weighted by Crippen LogP contribution is 2.25. The third-order valence-corrected chi connectivity index (χ3v) is 3.39. The summed E-state index contributed by atoms with van der Waals surface area (Å²) in [5.41, 5.74) is 0. The van der Waals surface area contributed by atoms with E-state index < -0.39 is 18.0 Å². The Morgan fingerprint density at radius 3 is 2.63 bits per heavy atom. The molecule has 2 saturated heterocycles. The summed E-state index contributed by atoms with van der Waals surface area (Å²) in [6.07, 6.45) is 1.10. The molecule has 0 aliphatic carbocycles. The van der Waals surface area contributed by atoms with Crippen LogP contribution in [-0.2, 0) is 14.3 Å². The van der Waals surface area contributed by atoms with E-state index in [9.17, 15) is 14.4 Å². The summed E-state index contributed by atoms with van der Waals surface area (Å²) in [6, 6.07) is -0.0897. The lowest BCUT2D eigenvalue weighted by molar-refractivity contribution is -0.141. The monoisotopic (exact) mass is 268 g/mol. The summed E-state index contributed by atoms with van der Waals surface area (Å²) in [5.74, 6) is -1.73. The molecule has 1 unspecified atom stereocenters. The first-order chi connectivity index (χ1) is 9.02. The highest BCUT2D eigenvalue weighted by atomic mass is 16.6. The Hall–Kier alpha value is -2.05. The molecule has 1 N–H and O–H groups in total. The number of hydrogen-bond acceptors (Lipinski definition) is 4. The van der Waals surface area contributed by atoms with E-state index >= 15 is 0 Å². The fourth-order valence-electron chi connectivity index (χ4n) is 2.27. The SMILES string of the molecule is C=CCOC(=O)N1CC(N2CC(C(=O)O)CC2=O)C1. The molecule has 7 heteroatoms. The highest BCUT2D eigenvalue weighted by molar-refractivity contribution is 5.86. The summed E-state index contributed by atoms with van der Waals surface area (Å²) >= 11 is 0. The number of carboxylic acid groups (broad SMARTS) is 1. The predicted molar refractivity (Wildman–Crippen MR) is 64.4 cm³/mol. The summed E-state index contributed by atoms with van der Waals surface area (Å²) in [7, 11) is 0. The molecular formula is C12H16N2O5. The maximum absolute atomic E-state index is 11.7. The van der Waals surface area contributed by atoms with E-state index in [0.29, 0.717) is 13.1 Å². The second kappa shape index (κ2) is 5.29. The van der Waals surface area contributed by atoms with Gasteiger partial charge in [0.2, 0.25) is 5.91 Å². The van der Waals surface area contributed by atoms with Gasteiger partial charge in [0.1, 0.15) is 6.61 Å². The fraction of sp³-hybridized carbons (Fsp3) is 0.583. The molecule has 2 aliphatic heterocycles. The zero-order valence-corrected chi connectivity index (χ0v) is 10.4. The average Bonchev–Trinajstić information content (AvgIpc) is 2.67. The van der Waals surface area contributed by atoms with Crippen molar-refractivity contribution in [3.63, 3.8) is 0 Å². The van der Waals surface area contributed by atoms with Gasteiger partial charge in [0.05, 0.1) is 12.0 Å². The van der Waals surface area contributed by atoms with Crippen LogP contribution in [0.15, 0.2) is 12.7 Å². The van der Waals surface area contributed by atoms with Crippen LogP contribution in [-0.4, -0.2) is 65.2 Å². The van der Waals surface area contributed by atoms with Crippen LogP contribution in [0.5, 0.6) is 0 Å². The van der Waals surface area contributed by atoms with Crippen LogP contribution >= 0.6 is 0 Å². The van der Waals surface area contributed by atoms with Gasteiger partial charge >= 0.3 is 12.1 Å². The van der Waals surface area contributed by atoms with E-state index in [2.05, 4.69) is 6.58 Å². The maximum atomic E-state index is 11.7. The standard InChI is InChI=1S/C12H16N2O5/c1-2-3-19-12(18)13-6-9(7-13)14-5-8(11(16)17)4-10(14)15/h2,8-9H,1,3-7H2,(H,16,17). The van der Waals surface area contributed by atoms with E-state index in [0.717, 1.165) is 0 Å². The molecule has 2 rings (SSSR count). The van der Waals surface area contributed by atoms with Crippen LogP contribution in [0.3, 0.4) is 0 Å². The molecule has 0 aromatic rings. The summed E-state index contributed by atoms with van der Waals surface area (Å²) in [5, 5.41) is 8.89. The fourth-order valence-corrected chi connectivity index (χ4v) is 2.27. The molecule has 0 bridgehead atoms. The number of ether oxygens (including phenoxy) is 1. The van der Waals surface area contributed by atoms with Crippen LogP contribution < -0.4 is 0 Å². The normalized spacial score (nSPS) is 23.2. The van der Waals surface area contributed by atoms with Crippen molar-refractivity contribution in [3.05, 3.63) is 12.7 Å². The average molecular weight is 268 g/mol. The number of aliphatic carboxylic acids is 1. The van der Waals surface area contributed by atoms with Crippen LogP contribution in [0.2, 0.25) is 0 Å². The molecule has 0 radical (unpaired) electrons. The third kappa shape index (κ3) is 2.69.